The molecule has 1 aromatic carbocycles. The molecule has 2 aromatic rings. The highest BCUT2D eigenvalue weighted by Crippen LogP contribution is 2.26. The largest absolute Gasteiger partial charge is 0.481 e. The van der Waals surface area contributed by atoms with E-state index in [1.54, 1.807) is 35.6 Å². The summed E-state index contributed by atoms with van der Waals surface area (Å²) in [5.41, 5.74) is 1.81. The molecule has 0 spiro atoms. The van der Waals surface area contributed by atoms with Crippen molar-refractivity contribution in [1.82, 2.24) is 4.98 Å². The first kappa shape index (κ1) is 17.1. The number of carbonyl (C=O) groups excluding carboxylic acids is 1. The smallest absolute Gasteiger partial charge is 0.307 e. The summed E-state index contributed by atoms with van der Waals surface area (Å²) in [7, 11) is 0. The number of carboxylic acids is 1. The van der Waals surface area contributed by atoms with Crippen molar-refractivity contribution in [2.45, 2.75) is 39.0 Å². The zero-order valence-corrected chi connectivity index (χ0v) is 14.2. The van der Waals surface area contributed by atoms with Crippen LogP contribution in [0.25, 0.3) is 0 Å². The highest BCUT2D eigenvalue weighted by Gasteiger charge is 2.19. The number of benzene rings is 1. The minimum absolute atomic E-state index is 0.0342. The van der Waals surface area contributed by atoms with Gasteiger partial charge in [-0.1, -0.05) is 39.0 Å². The van der Waals surface area contributed by atoms with Gasteiger partial charge in [0.2, 0.25) is 5.91 Å². The minimum atomic E-state index is -0.930. The van der Waals surface area contributed by atoms with Crippen molar-refractivity contribution < 1.29 is 14.7 Å². The summed E-state index contributed by atoms with van der Waals surface area (Å²) in [6.07, 6.45) is 0.0509. The fourth-order valence-electron chi connectivity index (χ4n) is 2.05. The highest BCUT2D eigenvalue weighted by molar-refractivity contribution is 7.09. The van der Waals surface area contributed by atoms with E-state index in [0.717, 1.165) is 10.7 Å². The summed E-state index contributed by atoms with van der Waals surface area (Å²) in [5, 5.41) is 14.6. The number of hydrogen-bond donors (Lipinski definition) is 2. The topological polar surface area (TPSA) is 79.3 Å². The number of anilines is 1. The average molecular weight is 332 g/mol. The molecule has 0 fully saturated rings. The summed E-state index contributed by atoms with van der Waals surface area (Å²) < 4.78 is 0. The van der Waals surface area contributed by atoms with E-state index in [1.807, 2.05) is 5.38 Å². The molecule has 0 aliphatic carbocycles. The van der Waals surface area contributed by atoms with Crippen LogP contribution in [0.2, 0.25) is 0 Å². The first-order chi connectivity index (χ1) is 10.8. The van der Waals surface area contributed by atoms with E-state index in [0.29, 0.717) is 11.3 Å². The van der Waals surface area contributed by atoms with E-state index < -0.39 is 5.97 Å². The monoisotopic (exact) mass is 332 g/mol. The van der Waals surface area contributed by atoms with Crippen molar-refractivity contribution in [1.29, 1.82) is 0 Å². The van der Waals surface area contributed by atoms with Gasteiger partial charge in [0.05, 0.1) is 23.5 Å². The first-order valence-electron chi connectivity index (χ1n) is 7.30. The Hall–Kier alpha value is -2.21. The zero-order valence-electron chi connectivity index (χ0n) is 13.4. The molecule has 0 atom stereocenters. The molecular weight excluding hydrogens is 312 g/mol. The van der Waals surface area contributed by atoms with E-state index >= 15 is 0 Å². The lowest BCUT2D eigenvalue weighted by atomic mass is 9.98. The fraction of sp³-hybridized carbons (Fsp3) is 0.353. The number of aromatic nitrogens is 1. The Morgan fingerprint density at radius 1 is 1.22 bits per heavy atom. The van der Waals surface area contributed by atoms with Crippen molar-refractivity contribution in [2.75, 3.05) is 5.32 Å². The first-order valence-corrected chi connectivity index (χ1v) is 8.18. The van der Waals surface area contributed by atoms with Crippen LogP contribution < -0.4 is 5.32 Å². The number of aliphatic carboxylic acids is 1. The number of nitrogens with one attached hydrogen (secondary N) is 1. The molecule has 0 unspecified atom stereocenters. The summed E-state index contributed by atoms with van der Waals surface area (Å²) in [6.45, 7) is 6.24. The van der Waals surface area contributed by atoms with Gasteiger partial charge in [0.15, 0.2) is 0 Å². The molecule has 1 aromatic heterocycles. The van der Waals surface area contributed by atoms with Gasteiger partial charge in [0.1, 0.15) is 0 Å². The van der Waals surface area contributed by atoms with Gasteiger partial charge in [0.25, 0.3) is 0 Å². The molecule has 0 aliphatic heterocycles. The van der Waals surface area contributed by atoms with Crippen LogP contribution in [0.15, 0.2) is 29.6 Å². The van der Waals surface area contributed by atoms with Crippen molar-refractivity contribution in [2.24, 2.45) is 0 Å². The Bertz CT molecular complexity index is 717. The maximum atomic E-state index is 12.2. The molecule has 0 bridgehead atoms. The molecule has 2 rings (SSSR count). The number of amides is 1. The molecule has 122 valence electrons. The number of para-hydroxylation sites is 1. The van der Waals surface area contributed by atoms with Crippen molar-refractivity contribution in [3.8, 4) is 0 Å². The number of carbonyl (C=O) groups is 2. The van der Waals surface area contributed by atoms with Gasteiger partial charge < -0.3 is 10.4 Å². The molecular formula is C17H20N2O3S. The molecule has 0 aliphatic rings. The lowest BCUT2D eigenvalue weighted by molar-refractivity contribution is -0.136. The van der Waals surface area contributed by atoms with E-state index in [4.69, 9.17) is 5.11 Å². The van der Waals surface area contributed by atoms with Crippen LogP contribution in [0, 0.1) is 0 Å². The van der Waals surface area contributed by atoms with Crippen LogP contribution in [0.5, 0.6) is 0 Å². The van der Waals surface area contributed by atoms with Crippen LogP contribution in [0.4, 0.5) is 5.69 Å². The summed E-state index contributed by atoms with van der Waals surface area (Å²) in [5.74, 6) is -1.13. The average Bonchev–Trinajstić information content (AvgIpc) is 2.89. The second-order valence-electron chi connectivity index (χ2n) is 6.35. The van der Waals surface area contributed by atoms with Crippen LogP contribution in [0.3, 0.4) is 0 Å². The molecule has 23 heavy (non-hydrogen) atoms. The van der Waals surface area contributed by atoms with Gasteiger partial charge >= 0.3 is 5.97 Å². The predicted octanol–water partition coefficient (Wildman–Crippen LogP) is 3.25. The molecule has 1 amide bonds. The van der Waals surface area contributed by atoms with Gasteiger partial charge in [0, 0.05) is 16.5 Å². The number of carboxylic acid groups (broad SMARTS) is 1. The number of nitrogens with zero attached hydrogens (tertiary/aromatic N) is 1. The van der Waals surface area contributed by atoms with Crippen LogP contribution in [-0.4, -0.2) is 22.0 Å². The van der Waals surface area contributed by atoms with Crippen LogP contribution in [0.1, 0.15) is 37.0 Å². The maximum absolute atomic E-state index is 12.2. The van der Waals surface area contributed by atoms with Crippen molar-refractivity contribution in [3.63, 3.8) is 0 Å². The quantitative estimate of drug-likeness (QED) is 0.881. The molecule has 0 radical (unpaired) electrons. The van der Waals surface area contributed by atoms with Crippen LogP contribution >= 0.6 is 11.3 Å². The Morgan fingerprint density at radius 2 is 1.91 bits per heavy atom. The van der Waals surface area contributed by atoms with Gasteiger partial charge in [-0.15, -0.1) is 11.3 Å². The lowest BCUT2D eigenvalue weighted by Crippen LogP contribution is -2.17. The van der Waals surface area contributed by atoms with E-state index in [2.05, 4.69) is 31.1 Å². The Balaban J connectivity index is 2.05. The number of rotatable bonds is 5. The third-order valence-electron chi connectivity index (χ3n) is 3.17. The molecule has 5 nitrogen and oxygen atoms in total. The molecule has 6 heteroatoms. The van der Waals surface area contributed by atoms with Gasteiger partial charge in [-0.2, -0.15) is 0 Å². The Labute approximate surface area is 139 Å². The third kappa shape index (κ3) is 4.89. The van der Waals surface area contributed by atoms with Crippen molar-refractivity contribution >= 4 is 28.9 Å². The zero-order chi connectivity index (χ0) is 17.0. The van der Waals surface area contributed by atoms with E-state index in [9.17, 15) is 9.59 Å². The fourth-order valence-corrected chi connectivity index (χ4v) is 2.96. The van der Waals surface area contributed by atoms with Crippen molar-refractivity contribution in [3.05, 3.63) is 45.9 Å². The van der Waals surface area contributed by atoms with Gasteiger partial charge in [-0.3, -0.25) is 9.59 Å². The predicted molar refractivity (Wildman–Crippen MR) is 90.9 cm³/mol. The second-order valence-corrected chi connectivity index (χ2v) is 7.20. The summed E-state index contributed by atoms with van der Waals surface area (Å²) in [4.78, 5) is 27.6. The SMILES string of the molecule is CC(C)(C)c1nc(CC(=O)Nc2ccccc2CC(=O)O)cs1. The van der Waals surface area contributed by atoms with Gasteiger partial charge in [-0.05, 0) is 11.6 Å². The highest BCUT2D eigenvalue weighted by atomic mass is 32.1. The maximum Gasteiger partial charge on any atom is 0.307 e. The number of hydrogen-bond acceptors (Lipinski definition) is 4. The normalized spacial score (nSPS) is 11.3. The third-order valence-corrected chi connectivity index (χ3v) is 4.48. The molecule has 2 N–H and O–H groups in total. The second kappa shape index (κ2) is 6.91. The minimum Gasteiger partial charge on any atom is -0.481 e. The van der Waals surface area contributed by atoms with Crippen LogP contribution in [-0.2, 0) is 27.8 Å². The van der Waals surface area contributed by atoms with Gasteiger partial charge in [-0.25, -0.2) is 4.98 Å². The number of thiazole rings is 1. The van der Waals surface area contributed by atoms with E-state index in [1.165, 1.54) is 0 Å². The molecule has 1 heterocycles. The Kier molecular flexibility index (Phi) is 5.15. The lowest BCUT2D eigenvalue weighted by Gasteiger charge is -2.13. The summed E-state index contributed by atoms with van der Waals surface area (Å²) in [6, 6.07) is 6.92. The summed E-state index contributed by atoms with van der Waals surface area (Å²) >= 11 is 1.55. The molecule has 0 saturated carbocycles. The standard InChI is InChI=1S/C17H20N2O3S/c1-17(2,3)16-18-12(10-23-16)9-14(20)19-13-7-5-4-6-11(13)8-15(21)22/h4-7,10H,8-9H2,1-3H3,(H,19,20)(H,21,22). The Morgan fingerprint density at radius 3 is 2.52 bits per heavy atom. The van der Waals surface area contributed by atoms with E-state index in [-0.39, 0.29) is 24.2 Å². The molecule has 0 saturated heterocycles.